The number of nitrogens with zero attached hydrogens (tertiary/aromatic N) is 1. The van der Waals surface area contributed by atoms with E-state index in [0.717, 1.165) is 0 Å². The van der Waals surface area contributed by atoms with Gasteiger partial charge in [-0.1, -0.05) is 11.6 Å². The summed E-state index contributed by atoms with van der Waals surface area (Å²) in [6, 6.07) is 12.8. The second-order valence-electron chi connectivity index (χ2n) is 3.87. The number of amides is 2. The fourth-order valence-electron chi connectivity index (χ4n) is 1.53. The van der Waals surface area contributed by atoms with E-state index in [1.54, 1.807) is 42.5 Å². The van der Waals surface area contributed by atoms with Crippen LogP contribution in [0.15, 0.2) is 42.5 Å². The van der Waals surface area contributed by atoms with E-state index in [1.165, 1.54) is 0 Å². The number of carbonyl (C=O) groups is 1. The van der Waals surface area contributed by atoms with E-state index in [4.69, 9.17) is 27.3 Å². The van der Waals surface area contributed by atoms with Crippen LogP contribution in [-0.4, -0.2) is 6.03 Å². The maximum Gasteiger partial charge on any atom is 0.316 e. The number of benzene rings is 2. The minimum absolute atomic E-state index is 0.357. The number of nitriles is 1. The van der Waals surface area contributed by atoms with Crippen molar-refractivity contribution in [3.05, 3.63) is 53.1 Å². The van der Waals surface area contributed by atoms with Crippen molar-refractivity contribution < 1.29 is 9.53 Å². The summed E-state index contributed by atoms with van der Waals surface area (Å²) in [5.74, 6) is 1.05. The SMILES string of the molecule is N#Cc1ccc(Oc2ccc(Cl)c(NC(N)=O)c2)cc1. The predicted octanol–water partition coefficient (Wildman–Crippen LogP) is 3.49. The Morgan fingerprint density at radius 3 is 2.45 bits per heavy atom. The Labute approximate surface area is 120 Å². The first-order chi connectivity index (χ1) is 9.58. The van der Waals surface area contributed by atoms with E-state index in [2.05, 4.69) is 5.32 Å². The van der Waals surface area contributed by atoms with Crippen LogP contribution in [0.25, 0.3) is 0 Å². The summed E-state index contributed by atoms with van der Waals surface area (Å²) < 4.78 is 5.59. The summed E-state index contributed by atoms with van der Waals surface area (Å²) in [5, 5.41) is 11.5. The van der Waals surface area contributed by atoms with Crippen molar-refractivity contribution in [1.29, 1.82) is 5.26 Å². The van der Waals surface area contributed by atoms with Crippen molar-refractivity contribution in [2.45, 2.75) is 0 Å². The summed E-state index contributed by atoms with van der Waals surface area (Å²) in [6.45, 7) is 0. The van der Waals surface area contributed by atoms with Crippen LogP contribution >= 0.6 is 11.6 Å². The van der Waals surface area contributed by atoms with Crippen molar-refractivity contribution in [2.75, 3.05) is 5.32 Å². The highest BCUT2D eigenvalue weighted by molar-refractivity contribution is 6.33. The number of carbonyl (C=O) groups excluding carboxylic acids is 1. The molecule has 0 spiro atoms. The molecule has 100 valence electrons. The van der Waals surface area contributed by atoms with Gasteiger partial charge in [0.25, 0.3) is 0 Å². The van der Waals surface area contributed by atoms with E-state index in [-0.39, 0.29) is 0 Å². The third kappa shape index (κ3) is 3.40. The Bertz CT molecular complexity index is 678. The first-order valence-corrected chi connectivity index (χ1v) is 6.00. The molecule has 2 rings (SSSR count). The lowest BCUT2D eigenvalue weighted by atomic mass is 10.2. The van der Waals surface area contributed by atoms with E-state index in [0.29, 0.717) is 27.8 Å². The molecule has 0 saturated heterocycles. The fraction of sp³-hybridized carbons (Fsp3) is 0. The van der Waals surface area contributed by atoms with Gasteiger partial charge in [0.05, 0.1) is 22.3 Å². The number of nitrogens with two attached hydrogens (primary N) is 1. The molecule has 0 heterocycles. The molecule has 2 aromatic carbocycles. The lowest BCUT2D eigenvalue weighted by Crippen LogP contribution is -2.19. The molecule has 0 aromatic heterocycles. The van der Waals surface area contributed by atoms with Gasteiger partial charge in [0.15, 0.2) is 0 Å². The number of hydrogen-bond acceptors (Lipinski definition) is 3. The number of ether oxygens (including phenoxy) is 1. The first kappa shape index (κ1) is 13.7. The van der Waals surface area contributed by atoms with Gasteiger partial charge in [0.2, 0.25) is 0 Å². The Morgan fingerprint density at radius 1 is 1.20 bits per heavy atom. The standard InChI is InChI=1S/C14H10ClN3O2/c15-12-6-5-11(7-13(12)18-14(17)19)20-10-3-1-9(8-16)2-4-10/h1-7H,(H3,17,18,19). The number of urea groups is 1. The lowest BCUT2D eigenvalue weighted by Gasteiger charge is -2.09. The van der Waals surface area contributed by atoms with Crippen molar-refractivity contribution >= 4 is 23.3 Å². The highest BCUT2D eigenvalue weighted by Crippen LogP contribution is 2.29. The molecule has 0 unspecified atom stereocenters. The zero-order valence-corrected chi connectivity index (χ0v) is 11.0. The molecule has 0 aliphatic rings. The normalized spacial score (nSPS) is 9.60. The van der Waals surface area contributed by atoms with Gasteiger partial charge in [0.1, 0.15) is 11.5 Å². The Hall–Kier alpha value is -2.71. The molecular weight excluding hydrogens is 278 g/mol. The third-order valence-corrected chi connectivity index (χ3v) is 2.74. The van der Waals surface area contributed by atoms with E-state index < -0.39 is 6.03 Å². The molecule has 6 heteroatoms. The maximum atomic E-state index is 10.8. The summed E-state index contributed by atoms with van der Waals surface area (Å²) in [6.07, 6.45) is 0. The van der Waals surface area contributed by atoms with Crippen LogP contribution in [0.2, 0.25) is 5.02 Å². The molecule has 0 atom stereocenters. The van der Waals surface area contributed by atoms with Gasteiger partial charge in [0, 0.05) is 6.07 Å². The van der Waals surface area contributed by atoms with Gasteiger partial charge in [-0.15, -0.1) is 0 Å². The minimum atomic E-state index is -0.706. The summed E-state index contributed by atoms with van der Waals surface area (Å²) >= 11 is 5.92. The quantitative estimate of drug-likeness (QED) is 0.905. The fourth-order valence-corrected chi connectivity index (χ4v) is 1.69. The number of rotatable bonds is 3. The van der Waals surface area contributed by atoms with Gasteiger partial charge in [-0.25, -0.2) is 4.79 Å². The average Bonchev–Trinajstić information content (AvgIpc) is 2.43. The first-order valence-electron chi connectivity index (χ1n) is 5.62. The number of halogens is 1. The molecule has 5 nitrogen and oxygen atoms in total. The molecule has 2 amide bonds. The van der Waals surface area contributed by atoms with Gasteiger partial charge in [-0.3, -0.25) is 0 Å². The van der Waals surface area contributed by atoms with Crippen LogP contribution < -0.4 is 15.8 Å². The minimum Gasteiger partial charge on any atom is -0.457 e. The van der Waals surface area contributed by atoms with Crippen molar-refractivity contribution in [3.8, 4) is 17.6 Å². The average molecular weight is 288 g/mol. The monoisotopic (exact) mass is 287 g/mol. The zero-order chi connectivity index (χ0) is 14.5. The van der Waals surface area contributed by atoms with Gasteiger partial charge in [-0.05, 0) is 36.4 Å². The molecule has 0 bridgehead atoms. The molecule has 2 aromatic rings. The summed E-state index contributed by atoms with van der Waals surface area (Å²) in [7, 11) is 0. The number of nitrogens with one attached hydrogen (secondary N) is 1. The second-order valence-corrected chi connectivity index (χ2v) is 4.28. The van der Waals surface area contributed by atoms with Crippen LogP contribution in [0.4, 0.5) is 10.5 Å². The van der Waals surface area contributed by atoms with Crippen LogP contribution in [0.1, 0.15) is 5.56 Å². The van der Waals surface area contributed by atoms with Crippen LogP contribution in [-0.2, 0) is 0 Å². The Morgan fingerprint density at radius 2 is 1.85 bits per heavy atom. The molecule has 0 radical (unpaired) electrons. The van der Waals surface area contributed by atoms with Gasteiger partial charge in [-0.2, -0.15) is 5.26 Å². The maximum absolute atomic E-state index is 10.8. The van der Waals surface area contributed by atoms with Crippen molar-refractivity contribution in [3.63, 3.8) is 0 Å². The van der Waals surface area contributed by atoms with E-state index >= 15 is 0 Å². The number of anilines is 1. The van der Waals surface area contributed by atoms with Crippen molar-refractivity contribution in [2.24, 2.45) is 5.73 Å². The zero-order valence-electron chi connectivity index (χ0n) is 10.3. The van der Waals surface area contributed by atoms with E-state index in [1.807, 2.05) is 6.07 Å². The topological polar surface area (TPSA) is 88.1 Å². The Kier molecular flexibility index (Phi) is 4.08. The molecule has 0 saturated carbocycles. The van der Waals surface area contributed by atoms with Gasteiger partial charge >= 0.3 is 6.03 Å². The van der Waals surface area contributed by atoms with Crippen LogP contribution in [0.5, 0.6) is 11.5 Å². The van der Waals surface area contributed by atoms with Crippen LogP contribution in [0.3, 0.4) is 0 Å². The third-order valence-electron chi connectivity index (χ3n) is 2.41. The molecule has 3 N–H and O–H groups in total. The van der Waals surface area contributed by atoms with Crippen LogP contribution in [0, 0.1) is 11.3 Å². The lowest BCUT2D eigenvalue weighted by molar-refractivity contribution is 0.259. The highest BCUT2D eigenvalue weighted by Gasteiger charge is 2.05. The molecule has 0 aliphatic carbocycles. The predicted molar refractivity (Wildman–Crippen MR) is 75.9 cm³/mol. The molecule has 0 fully saturated rings. The smallest absolute Gasteiger partial charge is 0.316 e. The molecular formula is C14H10ClN3O2. The largest absolute Gasteiger partial charge is 0.457 e. The van der Waals surface area contributed by atoms with Crippen molar-refractivity contribution in [1.82, 2.24) is 0 Å². The second kappa shape index (κ2) is 5.95. The summed E-state index contributed by atoms with van der Waals surface area (Å²) in [5.41, 5.74) is 5.96. The molecule has 20 heavy (non-hydrogen) atoms. The van der Waals surface area contributed by atoms with Gasteiger partial charge < -0.3 is 15.8 Å². The van der Waals surface area contributed by atoms with E-state index in [9.17, 15) is 4.79 Å². The number of primary amides is 1. The summed E-state index contributed by atoms with van der Waals surface area (Å²) in [4.78, 5) is 10.8. The molecule has 0 aliphatic heterocycles. The highest BCUT2D eigenvalue weighted by atomic mass is 35.5. The number of hydrogen-bond donors (Lipinski definition) is 2. The Balaban J connectivity index is 2.20.